The van der Waals surface area contributed by atoms with Crippen LogP contribution in [0.25, 0.3) is 0 Å². The molecule has 1 heterocycles. The summed E-state index contributed by atoms with van der Waals surface area (Å²) in [6.07, 6.45) is 3.67. The van der Waals surface area contributed by atoms with Crippen LogP contribution < -0.4 is 5.73 Å². The van der Waals surface area contributed by atoms with Crippen molar-refractivity contribution in [1.82, 2.24) is 4.90 Å². The van der Waals surface area contributed by atoms with Crippen molar-refractivity contribution in [2.24, 2.45) is 10.7 Å². The van der Waals surface area contributed by atoms with Gasteiger partial charge in [-0.3, -0.25) is 4.79 Å². The van der Waals surface area contributed by atoms with E-state index in [0.717, 1.165) is 0 Å². The number of carbonyl (C=O) groups excluding carboxylic acids is 1. The summed E-state index contributed by atoms with van der Waals surface area (Å²) in [5.74, 6) is 0.157. The van der Waals surface area contributed by atoms with E-state index in [1.54, 1.807) is 12.3 Å². The summed E-state index contributed by atoms with van der Waals surface area (Å²) in [5.41, 5.74) is 5.25. The van der Waals surface area contributed by atoms with Gasteiger partial charge >= 0.3 is 0 Å². The molecule has 1 rings (SSSR count). The van der Waals surface area contributed by atoms with Crippen LogP contribution in [0.15, 0.2) is 17.3 Å². The minimum atomic E-state index is -0.165. The van der Waals surface area contributed by atoms with E-state index < -0.39 is 0 Å². The first-order valence-corrected chi connectivity index (χ1v) is 5.66. The van der Waals surface area contributed by atoms with E-state index in [0.29, 0.717) is 13.0 Å². The molecule has 1 aliphatic heterocycles. The van der Waals surface area contributed by atoms with Gasteiger partial charge in [0.25, 0.3) is 0 Å². The van der Waals surface area contributed by atoms with Crippen LogP contribution in [0.3, 0.4) is 0 Å². The lowest BCUT2D eigenvalue weighted by molar-refractivity contribution is -0.106. The predicted octanol–water partition coefficient (Wildman–Crippen LogP) is -0.647. The molecule has 1 aliphatic rings. The zero-order valence-corrected chi connectivity index (χ0v) is 9.76. The average Bonchev–Trinajstić information content (AvgIpc) is 2.75. The maximum absolute atomic E-state index is 10.0. The van der Waals surface area contributed by atoms with Crippen molar-refractivity contribution in [3.05, 3.63) is 12.3 Å². The summed E-state index contributed by atoms with van der Waals surface area (Å²) in [5, 5.41) is 9.03. The summed E-state index contributed by atoms with van der Waals surface area (Å²) in [6.45, 7) is 0.551. The number of aliphatic hydroxyl groups is 1. The van der Waals surface area contributed by atoms with E-state index in [4.69, 9.17) is 15.6 Å². The maximum atomic E-state index is 10.0. The number of amidine groups is 1. The Morgan fingerprint density at radius 3 is 3.12 bits per heavy atom. The van der Waals surface area contributed by atoms with Crippen molar-refractivity contribution in [2.75, 3.05) is 20.3 Å². The van der Waals surface area contributed by atoms with Crippen molar-refractivity contribution < 1.29 is 14.6 Å². The number of nitrogens with two attached hydrogens (primary N) is 1. The lowest BCUT2D eigenvalue weighted by atomic mass is 10.5. The molecular weight excluding hydrogens is 230 g/mol. The van der Waals surface area contributed by atoms with E-state index in [1.807, 2.05) is 11.9 Å². The zero-order chi connectivity index (χ0) is 12.0. The molecule has 0 spiro atoms. The van der Waals surface area contributed by atoms with E-state index in [9.17, 15) is 4.79 Å². The first-order valence-electron chi connectivity index (χ1n) is 4.72. The molecule has 0 aromatic heterocycles. The Hall–Kier alpha value is -1.05. The third kappa shape index (κ3) is 3.84. The third-order valence-corrected chi connectivity index (χ3v) is 3.39. The fourth-order valence-corrected chi connectivity index (χ4v) is 2.16. The minimum absolute atomic E-state index is 0.00740. The molecule has 1 fully saturated rings. The summed E-state index contributed by atoms with van der Waals surface area (Å²) >= 11 is 1.54. The van der Waals surface area contributed by atoms with Crippen LogP contribution in [0.4, 0.5) is 0 Å². The highest BCUT2D eigenvalue weighted by atomic mass is 32.2. The summed E-state index contributed by atoms with van der Waals surface area (Å²) < 4.78 is 5.31. The zero-order valence-electron chi connectivity index (χ0n) is 8.94. The number of ether oxygens (including phenoxy) is 1. The summed E-state index contributed by atoms with van der Waals surface area (Å²) in [7, 11) is 1.87. The molecule has 90 valence electrons. The second-order valence-corrected chi connectivity index (χ2v) is 4.52. The maximum Gasteiger partial charge on any atom is 0.234 e. The Kier molecular flexibility index (Phi) is 5.30. The molecule has 0 bridgehead atoms. The number of nitrogens with zero attached hydrogens (tertiary/aromatic N) is 2. The van der Waals surface area contributed by atoms with E-state index >= 15 is 0 Å². The minimum Gasteiger partial charge on any atom is -0.393 e. The van der Waals surface area contributed by atoms with Gasteiger partial charge in [-0.05, 0) is 6.08 Å². The number of carbonyl (C=O) groups is 1. The van der Waals surface area contributed by atoms with Gasteiger partial charge < -0.3 is 20.5 Å². The Labute approximate surface area is 98.2 Å². The first kappa shape index (κ1) is 13.0. The molecule has 0 aliphatic carbocycles. The monoisotopic (exact) mass is 245 g/mol. The van der Waals surface area contributed by atoms with Gasteiger partial charge in [0, 0.05) is 13.2 Å². The van der Waals surface area contributed by atoms with Gasteiger partial charge in [-0.25, -0.2) is 0 Å². The molecule has 7 heteroatoms. The Balaban J connectivity index is 2.44. The molecule has 0 aromatic carbocycles. The van der Waals surface area contributed by atoms with Gasteiger partial charge in [0.2, 0.25) is 6.41 Å². The highest BCUT2D eigenvalue weighted by molar-refractivity contribution is 8.00. The van der Waals surface area contributed by atoms with Crippen LogP contribution in [0.2, 0.25) is 0 Å². The van der Waals surface area contributed by atoms with Gasteiger partial charge in [-0.1, -0.05) is 0 Å². The lowest BCUT2D eigenvalue weighted by Crippen LogP contribution is -2.25. The van der Waals surface area contributed by atoms with Crippen LogP contribution in [0.1, 0.15) is 0 Å². The Morgan fingerprint density at radius 1 is 1.81 bits per heavy atom. The SMILES string of the molecule is CN(/C=C\C(N)=NC=O)C1COC(CO)S1. The van der Waals surface area contributed by atoms with Crippen molar-refractivity contribution in [3.63, 3.8) is 0 Å². The van der Waals surface area contributed by atoms with Crippen molar-refractivity contribution in [3.8, 4) is 0 Å². The molecule has 6 nitrogen and oxygen atoms in total. The largest absolute Gasteiger partial charge is 0.393 e. The van der Waals surface area contributed by atoms with Crippen LogP contribution in [0, 0.1) is 0 Å². The number of likely N-dealkylation sites (N-methyl/N-ethyl adjacent to an activating group) is 1. The molecule has 0 radical (unpaired) electrons. The average molecular weight is 245 g/mol. The molecule has 2 atom stereocenters. The number of hydrogen-bond donors (Lipinski definition) is 2. The number of rotatable bonds is 5. The number of thioether (sulfide) groups is 1. The van der Waals surface area contributed by atoms with Crippen LogP contribution >= 0.6 is 11.8 Å². The van der Waals surface area contributed by atoms with Crippen molar-refractivity contribution in [2.45, 2.75) is 10.8 Å². The van der Waals surface area contributed by atoms with Crippen molar-refractivity contribution >= 4 is 24.0 Å². The number of hydrogen-bond acceptors (Lipinski definition) is 5. The second-order valence-electron chi connectivity index (χ2n) is 3.18. The molecule has 0 aromatic rings. The number of amides is 1. The van der Waals surface area contributed by atoms with E-state index in [2.05, 4.69) is 4.99 Å². The van der Waals surface area contributed by atoms with Gasteiger partial charge in [0.15, 0.2) is 0 Å². The fraction of sp³-hybridized carbons (Fsp3) is 0.556. The Morgan fingerprint density at radius 2 is 2.56 bits per heavy atom. The molecule has 3 N–H and O–H groups in total. The molecule has 2 unspecified atom stereocenters. The summed E-state index contributed by atoms with van der Waals surface area (Å²) in [4.78, 5) is 15.3. The van der Waals surface area contributed by atoms with E-state index in [1.165, 1.54) is 11.8 Å². The first-order chi connectivity index (χ1) is 7.67. The third-order valence-electron chi connectivity index (χ3n) is 2.02. The highest BCUT2D eigenvalue weighted by Crippen LogP contribution is 2.28. The van der Waals surface area contributed by atoms with Gasteiger partial charge in [0.1, 0.15) is 16.6 Å². The highest BCUT2D eigenvalue weighted by Gasteiger charge is 2.27. The summed E-state index contributed by atoms with van der Waals surface area (Å²) in [6, 6.07) is 0. The molecule has 1 amide bonds. The van der Waals surface area contributed by atoms with Gasteiger partial charge in [-0.2, -0.15) is 4.99 Å². The quantitative estimate of drug-likeness (QED) is 0.380. The molecule has 0 saturated carbocycles. The fourth-order valence-electron chi connectivity index (χ4n) is 1.15. The Bertz CT molecular complexity index is 296. The topological polar surface area (TPSA) is 88.2 Å². The second kappa shape index (κ2) is 6.51. The van der Waals surface area contributed by atoms with Crippen LogP contribution in [-0.2, 0) is 9.53 Å². The number of aliphatic hydroxyl groups excluding tert-OH is 1. The molecule has 16 heavy (non-hydrogen) atoms. The van der Waals surface area contributed by atoms with Crippen LogP contribution in [0.5, 0.6) is 0 Å². The van der Waals surface area contributed by atoms with Gasteiger partial charge in [0.05, 0.1) is 13.2 Å². The molecule has 1 saturated heterocycles. The number of aliphatic imine (C=N–C) groups is 1. The van der Waals surface area contributed by atoms with Crippen molar-refractivity contribution in [1.29, 1.82) is 0 Å². The lowest BCUT2D eigenvalue weighted by Gasteiger charge is -2.19. The predicted molar refractivity (Wildman–Crippen MR) is 62.8 cm³/mol. The normalized spacial score (nSPS) is 26.2. The van der Waals surface area contributed by atoms with Crippen LogP contribution in [-0.4, -0.2) is 53.3 Å². The smallest absolute Gasteiger partial charge is 0.234 e. The standard InChI is InChI=1S/C9H15N3O3S/c1-12(3-2-7(10)11-6-14)8-5-15-9(4-13)16-8/h2-3,6,8-9,13H,4-5H2,1H3,(H2,10,11,14)/b3-2-. The van der Waals surface area contributed by atoms with E-state index in [-0.39, 0.29) is 23.3 Å². The van der Waals surface area contributed by atoms with Gasteiger partial charge in [-0.15, -0.1) is 11.8 Å². The molecular formula is C9H15N3O3S.